The van der Waals surface area contributed by atoms with Gasteiger partial charge in [-0.05, 0) is 57.0 Å². The zero-order valence-corrected chi connectivity index (χ0v) is 22.3. The molecule has 0 fully saturated rings. The number of aryl methyl sites for hydroxylation is 1. The molecule has 0 amide bonds. The Morgan fingerprint density at radius 2 is 1.89 bits per heavy atom. The smallest absolute Gasteiger partial charge is 0.338 e. The average molecular weight is 527 g/mol. The number of hydrogen-bond acceptors (Lipinski definition) is 7. The Kier molecular flexibility index (Phi) is 7.66. The number of fused-ring (bicyclic) bond motifs is 1. The van der Waals surface area contributed by atoms with E-state index in [1.807, 2.05) is 38.1 Å². The van der Waals surface area contributed by atoms with Crippen molar-refractivity contribution in [1.82, 2.24) is 4.57 Å². The molecule has 1 aliphatic heterocycles. The lowest BCUT2D eigenvalue weighted by molar-refractivity contribution is -0.139. The van der Waals surface area contributed by atoms with Gasteiger partial charge >= 0.3 is 5.97 Å². The Morgan fingerprint density at radius 1 is 1.17 bits per heavy atom. The van der Waals surface area contributed by atoms with E-state index in [2.05, 4.69) is 4.99 Å². The van der Waals surface area contributed by atoms with Crippen LogP contribution in [0.25, 0.3) is 6.08 Å². The summed E-state index contributed by atoms with van der Waals surface area (Å²) in [5, 5.41) is 0.383. The third-order valence-corrected chi connectivity index (χ3v) is 7.01. The van der Waals surface area contributed by atoms with Crippen molar-refractivity contribution < 1.29 is 19.0 Å². The summed E-state index contributed by atoms with van der Waals surface area (Å²) in [6, 6.07) is 10.6. The minimum absolute atomic E-state index is 0.223. The minimum Gasteiger partial charge on any atom is -0.493 e. The second kappa shape index (κ2) is 10.7. The fraction of sp³-hybridized carbons (Fsp3) is 0.296. The van der Waals surface area contributed by atoms with Crippen molar-refractivity contribution in [3.05, 3.63) is 89.1 Å². The van der Waals surface area contributed by atoms with Crippen molar-refractivity contribution in [2.75, 3.05) is 20.3 Å². The number of esters is 1. The van der Waals surface area contributed by atoms with E-state index < -0.39 is 12.0 Å². The molecule has 0 saturated heterocycles. The molecule has 3 aromatic rings. The highest BCUT2D eigenvalue weighted by molar-refractivity contribution is 7.07. The maximum atomic E-state index is 13.7. The van der Waals surface area contributed by atoms with Gasteiger partial charge in [0.1, 0.15) is 0 Å². The Hall–Kier alpha value is -3.36. The number of thiazole rings is 1. The van der Waals surface area contributed by atoms with E-state index in [0.29, 0.717) is 49.3 Å². The van der Waals surface area contributed by atoms with Gasteiger partial charge in [-0.15, -0.1) is 0 Å². The first-order valence-electron chi connectivity index (χ1n) is 11.6. The van der Waals surface area contributed by atoms with Crippen LogP contribution >= 0.6 is 22.9 Å². The van der Waals surface area contributed by atoms with Gasteiger partial charge < -0.3 is 14.2 Å². The SMILES string of the molecule is CCOC(=O)C1=C(C)N=c2s/c(=C/c3cc(Cl)c(OCC)c(OC)c3)c(=O)n2[C@@H]1c1ccc(C)cc1. The number of rotatable bonds is 7. The molecule has 0 radical (unpaired) electrons. The van der Waals surface area contributed by atoms with Crippen LogP contribution in [-0.4, -0.2) is 30.9 Å². The molecule has 1 aromatic heterocycles. The third-order valence-electron chi connectivity index (χ3n) is 5.75. The molecule has 1 atom stereocenters. The summed E-state index contributed by atoms with van der Waals surface area (Å²) < 4.78 is 18.4. The van der Waals surface area contributed by atoms with Gasteiger partial charge in [0.25, 0.3) is 5.56 Å². The summed E-state index contributed by atoms with van der Waals surface area (Å²) in [6.45, 7) is 8.03. The molecule has 0 bridgehead atoms. The fourth-order valence-corrected chi connectivity index (χ4v) is 5.43. The van der Waals surface area contributed by atoms with Crippen LogP contribution < -0.4 is 24.4 Å². The van der Waals surface area contributed by atoms with Crippen LogP contribution in [0.5, 0.6) is 11.5 Å². The standard InChI is InChI=1S/C27H27ClN2O5S/c1-6-34-24-19(28)12-17(13-20(24)33-5)14-21-25(31)30-23(18-10-8-15(3)9-11-18)22(26(32)35-7-2)16(4)29-27(30)36-21/h8-14,23H,6-7H2,1-5H3/b21-14+/t23-/m1/s1. The first-order chi connectivity index (χ1) is 17.3. The van der Waals surface area contributed by atoms with Crippen LogP contribution in [0.3, 0.4) is 0 Å². The molecule has 0 N–H and O–H groups in total. The van der Waals surface area contributed by atoms with Gasteiger partial charge in [0.2, 0.25) is 0 Å². The molecule has 0 saturated carbocycles. The molecular weight excluding hydrogens is 500 g/mol. The molecule has 188 valence electrons. The first kappa shape index (κ1) is 25.7. The molecule has 0 aliphatic carbocycles. The molecule has 2 aromatic carbocycles. The lowest BCUT2D eigenvalue weighted by Crippen LogP contribution is -2.39. The van der Waals surface area contributed by atoms with E-state index in [1.54, 1.807) is 36.6 Å². The number of ether oxygens (including phenoxy) is 3. The molecule has 1 aliphatic rings. The van der Waals surface area contributed by atoms with E-state index in [9.17, 15) is 9.59 Å². The van der Waals surface area contributed by atoms with Gasteiger partial charge in [-0.25, -0.2) is 9.79 Å². The highest BCUT2D eigenvalue weighted by atomic mass is 35.5. The minimum atomic E-state index is -0.651. The van der Waals surface area contributed by atoms with Crippen molar-refractivity contribution in [1.29, 1.82) is 0 Å². The van der Waals surface area contributed by atoms with E-state index >= 15 is 0 Å². The van der Waals surface area contributed by atoms with E-state index in [4.69, 9.17) is 25.8 Å². The summed E-state index contributed by atoms with van der Waals surface area (Å²) in [4.78, 5) is 31.8. The van der Waals surface area contributed by atoms with Crippen LogP contribution in [0.1, 0.15) is 43.5 Å². The average Bonchev–Trinajstić information content (AvgIpc) is 3.14. The monoisotopic (exact) mass is 526 g/mol. The van der Waals surface area contributed by atoms with Crippen molar-refractivity contribution in [2.45, 2.75) is 33.7 Å². The maximum absolute atomic E-state index is 13.7. The number of carbonyl (C=O) groups excluding carboxylic acids is 1. The van der Waals surface area contributed by atoms with Gasteiger partial charge in [-0.3, -0.25) is 9.36 Å². The van der Waals surface area contributed by atoms with Crippen molar-refractivity contribution >= 4 is 35.0 Å². The third kappa shape index (κ3) is 4.83. The van der Waals surface area contributed by atoms with Crippen LogP contribution in [0.4, 0.5) is 0 Å². The van der Waals surface area contributed by atoms with Crippen LogP contribution in [0.15, 0.2) is 57.5 Å². The lowest BCUT2D eigenvalue weighted by atomic mass is 9.95. The predicted molar refractivity (Wildman–Crippen MR) is 141 cm³/mol. The van der Waals surface area contributed by atoms with Crippen molar-refractivity contribution in [3.63, 3.8) is 0 Å². The number of nitrogens with zero attached hydrogens (tertiary/aromatic N) is 2. The molecule has 4 rings (SSSR count). The summed E-state index contributed by atoms with van der Waals surface area (Å²) in [5.74, 6) is 0.442. The summed E-state index contributed by atoms with van der Waals surface area (Å²) >= 11 is 7.69. The summed E-state index contributed by atoms with van der Waals surface area (Å²) in [6.07, 6.45) is 1.74. The van der Waals surface area contributed by atoms with Crippen LogP contribution in [-0.2, 0) is 9.53 Å². The van der Waals surface area contributed by atoms with Gasteiger partial charge in [0.15, 0.2) is 16.3 Å². The molecule has 9 heteroatoms. The zero-order valence-electron chi connectivity index (χ0n) is 20.8. The number of carbonyl (C=O) groups is 1. The maximum Gasteiger partial charge on any atom is 0.338 e. The lowest BCUT2D eigenvalue weighted by Gasteiger charge is -2.24. The number of hydrogen-bond donors (Lipinski definition) is 0. The molecule has 0 unspecified atom stereocenters. The summed E-state index contributed by atoms with van der Waals surface area (Å²) in [5.41, 5.74) is 3.17. The van der Waals surface area contributed by atoms with E-state index in [1.165, 1.54) is 18.4 Å². The zero-order chi connectivity index (χ0) is 26.0. The Labute approximate surface area is 217 Å². The Balaban J connectivity index is 1.92. The quantitative estimate of drug-likeness (QED) is 0.432. The van der Waals surface area contributed by atoms with E-state index in [0.717, 1.165) is 11.1 Å². The number of halogens is 1. The number of benzene rings is 2. The first-order valence-corrected chi connectivity index (χ1v) is 12.7. The molecule has 2 heterocycles. The largest absolute Gasteiger partial charge is 0.493 e. The second-order valence-electron chi connectivity index (χ2n) is 8.18. The Bertz CT molecular complexity index is 1520. The molecule has 36 heavy (non-hydrogen) atoms. The van der Waals surface area contributed by atoms with Gasteiger partial charge in [0.05, 0.1) is 47.2 Å². The number of allylic oxidation sites excluding steroid dienone is 1. The van der Waals surface area contributed by atoms with Crippen LogP contribution in [0, 0.1) is 6.92 Å². The van der Waals surface area contributed by atoms with Crippen molar-refractivity contribution in [3.8, 4) is 11.5 Å². The predicted octanol–water partition coefficient (Wildman–Crippen LogP) is 4.17. The van der Waals surface area contributed by atoms with Gasteiger partial charge in [0, 0.05) is 0 Å². The van der Waals surface area contributed by atoms with Gasteiger partial charge in [-0.1, -0.05) is 52.8 Å². The van der Waals surface area contributed by atoms with E-state index in [-0.39, 0.29) is 12.2 Å². The number of aromatic nitrogens is 1. The highest BCUT2D eigenvalue weighted by Gasteiger charge is 2.33. The fourth-order valence-electron chi connectivity index (χ4n) is 4.11. The topological polar surface area (TPSA) is 79.1 Å². The molecule has 0 spiro atoms. The van der Waals surface area contributed by atoms with Gasteiger partial charge in [-0.2, -0.15) is 0 Å². The summed E-state index contributed by atoms with van der Waals surface area (Å²) in [7, 11) is 1.53. The molecular formula is C27H27ClN2O5S. The number of methoxy groups -OCH3 is 1. The van der Waals surface area contributed by atoms with Crippen molar-refractivity contribution in [2.24, 2.45) is 4.99 Å². The second-order valence-corrected chi connectivity index (χ2v) is 9.60. The Morgan fingerprint density at radius 3 is 2.53 bits per heavy atom. The van der Waals surface area contributed by atoms with Crippen LogP contribution in [0.2, 0.25) is 5.02 Å². The normalized spacial score (nSPS) is 15.4. The highest BCUT2D eigenvalue weighted by Crippen LogP contribution is 2.36. The molecule has 7 nitrogen and oxygen atoms in total.